The van der Waals surface area contributed by atoms with Crippen molar-refractivity contribution in [2.45, 2.75) is 39.5 Å². The lowest BCUT2D eigenvalue weighted by Crippen LogP contribution is -2.39. The first-order chi connectivity index (χ1) is 11.0. The SMILES string of the molecule is CC(C)CCN1CCC(CNC(=O)Cc2ccc(N)cc2)CC1.Cl.Cl. The summed E-state index contributed by atoms with van der Waals surface area (Å²) >= 11 is 0. The van der Waals surface area contributed by atoms with Crippen LogP contribution >= 0.6 is 24.8 Å². The fourth-order valence-corrected chi connectivity index (χ4v) is 3.00. The molecule has 0 atom stereocenters. The number of halogens is 2. The summed E-state index contributed by atoms with van der Waals surface area (Å²) < 4.78 is 0. The number of piperidine rings is 1. The molecule has 0 bridgehead atoms. The minimum absolute atomic E-state index is 0. The van der Waals surface area contributed by atoms with Crippen molar-refractivity contribution in [2.75, 3.05) is 31.9 Å². The van der Waals surface area contributed by atoms with Gasteiger partial charge in [-0.3, -0.25) is 4.79 Å². The molecule has 144 valence electrons. The number of carbonyl (C=O) groups is 1. The molecule has 2 rings (SSSR count). The molecular weight excluding hydrogens is 357 g/mol. The van der Waals surface area contributed by atoms with E-state index in [1.165, 1.54) is 38.9 Å². The van der Waals surface area contributed by atoms with Gasteiger partial charge in [0.2, 0.25) is 5.91 Å². The van der Waals surface area contributed by atoms with E-state index in [9.17, 15) is 4.79 Å². The van der Waals surface area contributed by atoms with Gasteiger partial charge in [-0.15, -0.1) is 24.8 Å². The van der Waals surface area contributed by atoms with E-state index in [4.69, 9.17) is 5.73 Å². The van der Waals surface area contributed by atoms with Crippen LogP contribution in [0.25, 0.3) is 0 Å². The molecule has 4 nitrogen and oxygen atoms in total. The van der Waals surface area contributed by atoms with Gasteiger partial charge < -0.3 is 16.0 Å². The van der Waals surface area contributed by atoms with Gasteiger partial charge in [0.1, 0.15) is 0 Å². The average molecular weight is 390 g/mol. The summed E-state index contributed by atoms with van der Waals surface area (Å²) in [6, 6.07) is 7.52. The van der Waals surface area contributed by atoms with Gasteiger partial charge >= 0.3 is 0 Å². The predicted octanol–water partition coefficient (Wildman–Crippen LogP) is 3.53. The molecule has 1 aliphatic rings. The van der Waals surface area contributed by atoms with E-state index in [-0.39, 0.29) is 30.7 Å². The van der Waals surface area contributed by atoms with Crippen LogP contribution in [0.2, 0.25) is 0 Å². The van der Waals surface area contributed by atoms with E-state index in [2.05, 4.69) is 24.1 Å². The standard InChI is InChI=1S/C19H31N3O.2ClH/c1-15(2)7-10-22-11-8-17(9-12-22)14-21-19(23)13-16-3-5-18(20)6-4-16;;/h3-6,15,17H,7-14,20H2,1-2H3,(H,21,23);2*1H. The second-order valence-corrected chi connectivity index (χ2v) is 7.19. The van der Waals surface area contributed by atoms with Crippen molar-refractivity contribution >= 4 is 36.4 Å². The highest BCUT2D eigenvalue weighted by molar-refractivity contribution is 5.85. The smallest absolute Gasteiger partial charge is 0.224 e. The molecule has 25 heavy (non-hydrogen) atoms. The molecule has 1 aromatic carbocycles. The molecule has 0 spiro atoms. The van der Waals surface area contributed by atoms with Crippen molar-refractivity contribution in [2.24, 2.45) is 11.8 Å². The number of hydrogen-bond acceptors (Lipinski definition) is 3. The molecule has 1 heterocycles. The Kier molecular flexibility index (Phi) is 11.9. The number of amides is 1. The van der Waals surface area contributed by atoms with Crippen LogP contribution in [0.5, 0.6) is 0 Å². The molecule has 1 fully saturated rings. The van der Waals surface area contributed by atoms with Crippen molar-refractivity contribution in [3.05, 3.63) is 29.8 Å². The number of anilines is 1. The first kappa shape index (κ1) is 24.0. The van der Waals surface area contributed by atoms with Crippen LogP contribution in [0.15, 0.2) is 24.3 Å². The average Bonchev–Trinajstić information content (AvgIpc) is 2.54. The summed E-state index contributed by atoms with van der Waals surface area (Å²) in [6.07, 6.45) is 4.11. The van der Waals surface area contributed by atoms with Crippen molar-refractivity contribution in [1.29, 1.82) is 0 Å². The molecule has 1 aromatic rings. The molecule has 6 heteroatoms. The van der Waals surface area contributed by atoms with Crippen LogP contribution in [0.1, 0.15) is 38.7 Å². The normalized spacial score (nSPS) is 15.3. The summed E-state index contributed by atoms with van der Waals surface area (Å²) in [5, 5.41) is 3.09. The number of benzene rings is 1. The van der Waals surface area contributed by atoms with Gasteiger partial charge in [-0.05, 0) is 68.4 Å². The molecule has 0 aromatic heterocycles. The number of nitrogens with zero attached hydrogens (tertiary/aromatic N) is 1. The monoisotopic (exact) mass is 389 g/mol. The highest BCUT2D eigenvalue weighted by Gasteiger charge is 2.19. The van der Waals surface area contributed by atoms with E-state index in [0.29, 0.717) is 12.3 Å². The molecule has 1 saturated heterocycles. The third kappa shape index (κ3) is 9.34. The maximum atomic E-state index is 12.0. The molecular formula is C19H33Cl2N3O. The van der Waals surface area contributed by atoms with Gasteiger partial charge in [-0.2, -0.15) is 0 Å². The van der Waals surface area contributed by atoms with Crippen LogP contribution < -0.4 is 11.1 Å². The Labute approximate surface area is 164 Å². The van der Waals surface area contributed by atoms with Crippen LogP contribution in [0.4, 0.5) is 5.69 Å². The summed E-state index contributed by atoms with van der Waals surface area (Å²) in [4.78, 5) is 14.6. The zero-order chi connectivity index (χ0) is 16.7. The van der Waals surface area contributed by atoms with Gasteiger partial charge in [0.05, 0.1) is 6.42 Å². The van der Waals surface area contributed by atoms with E-state index < -0.39 is 0 Å². The van der Waals surface area contributed by atoms with Crippen molar-refractivity contribution in [3.63, 3.8) is 0 Å². The first-order valence-corrected chi connectivity index (χ1v) is 8.86. The Morgan fingerprint density at radius 3 is 2.36 bits per heavy atom. The topological polar surface area (TPSA) is 58.4 Å². The minimum atomic E-state index is 0. The Morgan fingerprint density at radius 1 is 1.20 bits per heavy atom. The van der Waals surface area contributed by atoms with Crippen LogP contribution in [-0.2, 0) is 11.2 Å². The summed E-state index contributed by atoms with van der Waals surface area (Å²) in [7, 11) is 0. The van der Waals surface area contributed by atoms with Gasteiger partial charge in [0.15, 0.2) is 0 Å². The fraction of sp³-hybridized carbons (Fsp3) is 0.632. The number of hydrogen-bond donors (Lipinski definition) is 2. The fourth-order valence-electron chi connectivity index (χ4n) is 3.00. The highest BCUT2D eigenvalue weighted by Crippen LogP contribution is 2.17. The molecule has 3 N–H and O–H groups in total. The Balaban J connectivity index is 0.00000288. The van der Waals surface area contributed by atoms with Gasteiger partial charge in [-0.25, -0.2) is 0 Å². The highest BCUT2D eigenvalue weighted by atomic mass is 35.5. The number of likely N-dealkylation sites (tertiary alicyclic amines) is 1. The maximum absolute atomic E-state index is 12.0. The van der Waals surface area contributed by atoms with E-state index in [1.807, 2.05) is 24.3 Å². The predicted molar refractivity (Wildman–Crippen MR) is 111 cm³/mol. The summed E-state index contributed by atoms with van der Waals surface area (Å²) in [5.74, 6) is 1.51. The van der Waals surface area contributed by atoms with Crippen molar-refractivity contribution in [3.8, 4) is 0 Å². The molecule has 1 amide bonds. The molecule has 0 aliphatic carbocycles. The molecule has 0 saturated carbocycles. The van der Waals surface area contributed by atoms with Crippen molar-refractivity contribution < 1.29 is 4.79 Å². The number of nitrogens with two attached hydrogens (primary N) is 1. The minimum Gasteiger partial charge on any atom is -0.399 e. The maximum Gasteiger partial charge on any atom is 0.224 e. The lowest BCUT2D eigenvalue weighted by molar-refractivity contribution is -0.120. The van der Waals surface area contributed by atoms with Gasteiger partial charge in [-0.1, -0.05) is 26.0 Å². The molecule has 0 radical (unpaired) electrons. The summed E-state index contributed by atoms with van der Waals surface area (Å²) in [5.41, 5.74) is 7.41. The van der Waals surface area contributed by atoms with Gasteiger partial charge in [0, 0.05) is 12.2 Å². The largest absolute Gasteiger partial charge is 0.399 e. The van der Waals surface area contributed by atoms with Crippen LogP contribution in [0, 0.1) is 11.8 Å². The lowest BCUT2D eigenvalue weighted by atomic mass is 9.96. The summed E-state index contributed by atoms with van der Waals surface area (Å²) in [6.45, 7) is 8.93. The number of carbonyl (C=O) groups excluding carboxylic acids is 1. The third-order valence-electron chi connectivity index (χ3n) is 4.66. The molecule has 0 unspecified atom stereocenters. The van der Waals surface area contributed by atoms with Crippen LogP contribution in [-0.4, -0.2) is 37.0 Å². The quantitative estimate of drug-likeness (QED) is 0.701. The lowest BCUT2D eigenvalue weighted by Gasteiger charge is -2.32. The molecule has 1 aliphatic heterocycles. The second-order valence-electron chi connectivity index (χ2n) is 7.19. The van der Waals surface area contributed by atoms with Crippen LogP contribution in [0.3, 0.4) is 0 Å². The van der Waals surface area contributed by atoms with Gasteiger partial charge in [0.25, 0.3) is 0 Å². The first-order valence-electron chi connectivity index (χ1n) is 8.86. The Morgan fingerprint density at radius 2 is 1.80 bits per heavy atom. The van der Waals surface area contributed by atoms with E-state index in [1.54, 1.807) is 0 Å². The van der Waals surface area contributed by atoms with E-state index >= 15 is 0 Å². The number of nitrogen functional groups attached to an aromatic ring is 1. The number of rotatable bonds is 7. The second kappa shape index (κ2) is 12.4. The Bertz CT molecular complexity index is 486. The Hall–Kier alpha value is -0.970. The van der Waals surface area contributed by atoms with Crippen molar-refractivity contribution in [1.82, 2.24) is 10.2 Å². The van der Waals surface area contributed by atoms with E-state index in [0.717, 1.165) is 23.7 Å². The zero-order valence-electron chi connectivity index (χ0n) is 15.4. The zero-order valence-corrected chi connectivity index (χ0v) is 17.0. The number of nitrogens with one attached hydrogen (secondary N) is 1. The third-order valence-corrected chi connectivity index (χ3v) is 4.66.